The predicted octanol–water partition coefficient (Wildman–Crippen LogP) is 5.14. The molecule has 0 bridgehead atoms. The van der Waals surface area contributed by atoms with Crippen LogP contribution in [0.2, 0.25) is 0 Å². The van der Waals surface area contributed by atoms with Gasteiger partial charge in [0, 0.05) is 6.54 Å². The number of hydrogen-bond acceptors (Lipinski definition) is 3. The van der Waals surface area contributed by atoms with Gasteiger partial charge >= 0.3 is 5.97 Å². The third-order valence-electron chi connectivity index (χ3n) is 4.87. The molecule has 0 heterocycles. The van der Waals surface area contributed by atoms with Gasteiger partial charge in [-0.05, 0) is 51.1 Å². The quantitative estimate of drug-likeness (QED) is 0.439. The zero-order chi connectivity index (χ0) is 17.9. The van der Waals surface area contributed by atoms with E-state index in [4.69, 9.17) is 4.74 Å². The summed E-state index contributed by atoms with van der Waals surface area (Å²) in [5.41, 5.74) is -0.369. The molecule has 0 aromatic rings. The Morgan fingerprint density at radius 3 is 1.91 bits per heavy atom. The fourth-order valence-electron chi connectivity index (χ4n) is 2.93. The Kier molecular flexibility index (Phi) is 11.6. The summed E-state index contributed by atoms with van der Waals surface area (Å²) in [6.45, 7) is 18.7. The van der Waals surface area contributed by atoms with E-state index in [0.29, 0.717) is 18.4 Å². The second-order valence-corrected chi connectivity index (χ2v) is 7.85. The summed E-state index contributed by atoms with van der Waals surface area (Å²) >= 11 is 0. The standard InChI is InChI=1S/C20H41NO2/c1-8-10-12-21(13-11-9-2)14-15-23-19(22)20(7,18(5)6)16-17(3)4/h17-18H,8-16H2,1-7H3. The number of carbonyl (C=O) groups excluding carboxylic acids is 1. The van der Waals surface area contributed by atoms with Gasteiger partial charge in [0.2, 0.25) is 0 Å². The maximum Gasteiger partial charge on any atom is 0.312 e. The number of rotatable bonds is 13. The minimum absolute atomic E-state index is 0.0212. The molecule has 0 N–H and O–H groups in total. The van der Waals surface area contributed by atoms with Crippen LogP contribution in [0.25, 0.3) is 0 Å². The molecule has 1 unspecified atom stereocenters. The summed E-state index contributed by atoms with van der Waals surface area (Å²) < 4.78 is 5.68. The summed E-state index contributed by atoms with van der Waals surface area (Å²) in [5, 5.41) is 0. The van der Waals surface area contributed by atoms with Gasteiger partial charge in [-0.15, -0.1) is 0 Å². The lowest BCUT2D eigenvalue weighted by atomic mass is 9.73. The van der Waals surface area contributed by atoms with Crippen molar-refractivity contribution in [2.24, 2.45) is 17.3 Å². The van der Waals surface area contributed by atoms with E-state index in [1.807, 2.05) is 0 Å². The molecule has 0 saturated heterocycles. The largest absolute Gasteiger partial charge is 0.464 e. The molecule has 0 spiro atoms. The van der Waals surface area contributed by atoms with Crippen molar-refractivity contribution in [2.45, 2.75) is 80.6 Å². The van der Waals surface area contributed by atoms with E-state index in [0.717, 1.165) is 26.1 Å². The van der Waals surface area contributed by atoms with Crippen molar-refractivity contribution in [3.63, 3.8) is 0 Å². The molecule has 23 heavy (non-hydrogen) atoms. The predicted molar refractivity (Wildman–Crippen MR) is 99.6 cm³/mol. The summed E-state index contributed by atoms with van der Waals surface area (Å²) in [5.74, 6) is 0.779. The number of ether oxygens (including phenoxy) is 1. The van der Waals surface area contributed by atoms with E-state index in [1.54, 1.807) is 0 Å². The highest BCUT2D eigenvalue weighted by molar-refractivity contribution is 5.76. The van der Waals surface area contributed by atoms with Crippen LogP contribution >= 0.6 is 0 Å². The van der Waals surface area contributed by atoms with Crippen LogP contribution in [-0.2, 0) is 9.53 Å². The van der Waals surface area contributed by atoms with Gasteiger partial charge in [0.25, 0.3) is 0 Å². The zero-order valence-electron chi connectivity index (χ0n) is 16.8. The van der Waals surface area contributed by atoms with Crippen molar-refractivity contribution in [3.8, 4) is 0 Å². The molecule has 0 fully saturated rings. The van der Waals surface area contributed by atoms with Crippen LogP contribution < -0.4 is 0 Å². The lowest BCUT2D eigenvalue weighted by molar-refractivity contribution is -0.159. The molecule has 0 saturated carbocycles. The Labute approximate surface area is 145 Å². The Morgan fingerprint density at radius 2 is 1.52 bits per heavy atom. The third kappa shape index (κ3) is 8.74. The van der Waals surface area contributed by atoms with Crippen LogP contribution in [0, 0.1) is 17.3 Å². The number of hydrogen-bond donors (Lipinski definition) is 0. The van der Waals surface area contributed by atoms with Gasteiger partial charge in [0.1, 0.15) is 6.61 Å². The maximum absolute atomic E-state index is 12.6. The smallest absolute Gasteiger partial charge is 0.312 e. The SMILES string of the molecule is CCCCN(CCCC)CCOC(=O)C(C)(CC(C)C)C(C)C. The first-order valence-electron chi connectivity index (χ1n) is 9.67. The van der Waals surface area contributed by atoms with Crippen LogP contribution in [-0.4, -0.2) is 37.1 Å². The Balaban J connectivity index is 4.45. The lowest BCUT2D eigenvalue weighted by Gasteiger charge is -2.33. The summed E-state index contributed by atoms with van der Waals surface area (Å²) in [4.78, 5) is 15.1. The molecule has 3 heteroatoms. The van der Waals surface area contributed by atoms with Crippen molar-refractivity contribution in [3.05, 3.63) is 0 Å². The summed E-state index contributed by atoms with van der Waals surface area (Å²) in [6.07, 6.45) is 5.74. The number of unbranched alkanes of at least 4 members (excludes halogenated alkanes) is 2. The van der Waals surface area contributed by atoms with Gasteiger partial charge in [0.15, 0.2) is 0 Å². The number of nitrogens with zero attached hydrogens (tertiary/aromatic N) is 1. The van der Waals surface area contributed by atoms with Gasteiger partial charge in [-0.3, -0.25) is 9.69 Å². The molecule has 0 aliphatic heterocycles. The Bertz CT molecular complexity index is 307. The topological polar surface area (TPSA) is 29.5 Å². The second-order valence-electron chi connectivity index (χ2n) is 7.85. The first-order chi connectivity index (χ1) is 10.8. The van der Waals surface area contributed by atoms with Crippen molar-refractivity contribution in [1.82, 2.24) is 4.90 Å². The highest BCUT2D eigenvalue weighted by atomic mass is 16.5. The molecular weight excluding hydrogens is 286 g/mol. The van der Waals surface area contributed by atoms with Crippen molar-refractivity contribution < 1.29 is 9.53 Å². The third-order valence-corrected chi connectivity index (χ3v) is 4.87. The molecule has 3 nitrogen and oxygen atoms in total. The van der Waals surface area contributed by atoms with Gasteiger partial charge in [-0.25, -0.2) is 0 Å². The Hall–Kier alpha value is -0.570. The van der Waals surface area contributed by atoms with E-state index < -0.39 is 0 Å². The first-order valence-corrected chi connectivity index (χ1v) is 9.67. The normalized spacial score (nSPS) is 14.5. The molecular formula is C20H41NO2. The molecule has 138 valence electrons. The minimum Gasteiger partial charge on any atom is -0.464 e. The molecule has 0 amide bonds. The van der Waals surface area contributed by atoms with E-state index in [1.165, 1.54) is 25.7 Å². The van der Waals surface area contributed by atoms with Crippen LogP contribution in [0.5, 0.6) is 0 Å². The average Bonchev–Trinajstić information content (AvgIpc) is 2.48. The van der Waals surface area contributed by atoms with Crippen LogP contribution in [0.1, 0.15) is 80.6 Å². The molecule has 1 atom stereocenters. The van der Waals surface area contributed by atoms with E-state index in [2.05, 4.69) is 53.4 Å². The van der Waals surface area contributed by atoms with Crippen LogP contribution in [0.4, 0.5) is 0 Å². The molecule has 0 rings (SSSR count). The maximum atomic E-state index is 12.6. The zero-order valence-corrected chi connectivity index (χ0v) is 16.8. The van der Waals surface area contributed by atoms with E-state index in [9.17, 15) is 4.79 Å². The van der Waals surface area contributed by atoms with E-state index >= 15 is 0 Å². The van der Waals surface area contributed by atoms with Gasteiger partial charge in [-0.1, -0.05) is 54.4 Å². The molecule has 0 aromatic carbocycles. The molecule has 0 aliphatic rings. The van der Waals surface area contributed by atoms with Gasteiger partial charge < -0.3 is 4.74 Å². The van der Waals surface area contributed by atoms with Crippen LogP contribution in [0.15, 0.2) is 0 Å². The average molecular weight is 328 g/mol. The lowest BCUT2D eigenvalue weighted by Crippen LogP contribution is -2.38. The number of carbonyl (C=O) groups is 1. The van der Waals surface area contributed by atoms with Crippen molar-refractivity contribution >= 4 is 5.97 Å². The first kappa shape index (κ1) is 22.4. The monoisotopic (exact) mass is 327 g/mol. The molecule has 0 aliphatic carbocycles. The highest BCUT2D eigenvalue weighted by Gasteiger charge is 2.38. The van der Waals surface area contributed by atoms with Gasteiger partial charge in [0.05, 0.1) is 5.41 Å². The minimum atomic E-state index is -0.369. The molecule has 0 radical (unpaired) electrons. The highest BCUT2D eigenvalue weighted by Crippen LogP contribution is 2.35. The van der Waals surface area contributed by atoms with E-state index in [-0.39, 0.29) is 11.4 Å². The fourth-order valence-corrected chi connectivity index (χ4v) is 2.93. The van der Waals surface area contributed by atoms with Crippen molar-refractivity contribution in [2.75, 3.05) is 26.2 Å². The fraction of sp³-hybridized carbons (Fsp3) is 0.950. The Morgan fingerprint density at radius 1 is 1.00 bits per heavy atom. The van der Waals surface area contributed by atoms with Crippen molar-refractivity contribution in [1.29, 1.82) is 0 Å². The second kappa shape index (κ2) is 11.9. The number of esters is 1. The van der Waals surface area contributed by atoms with Crippen LogP contribution in [0.3, 0.4) is 0 Å². The summed E-state index contributed by atoms with van der Waals surface area (Å²) in [6, 6.07) is 0. The van der Waals surface area contributed by atoms with Gasteiger partial charge in [-0.2, -0.15) is 0 Å². The molecule has 0 aromatic heterocycles. The summed E-state index contributed by atoms with van der Waals surface area (Å²) in [7, 11) is 0.